The van der Waals surface area contributed by atoms with Crippen LogP contribution in [0.3, 0.4) is 0 Å². The number of benzene rings is 2. The van der Waals surface area contributed by atoms with Crippen LogP contribution in [-0.4, -0.2) is 5.84 Å². The normalized spacial score (nSPS) is 10.3. The fraction of sp³-hybridized carbons (Fsp3) is 0. The lowest BCUT2D eigenvalue weighted by Gasteiger charge is -2.08. The fourth-order valence-corrected chi connectivity index (χ4v) is 3.08. The SMILES string of the molecule is N=C(N)c1cc(Br)ccc1Sc1cccc(Cl)c1. The Balaban J connectivity index is 2.37. The molecule has 0 aliphatic carbocycles. The third kappa shape index (κ3) is 3.28. The molecule has 0 aliphatic heterocycles. The Hall–Kier alpha value is -0.970. The van der Waals surface area contributed by atoms with Gasteiger partial charge in [0.05, 0.1) is 0 Å². The molecule has 0 aromatic heterocycles. The van der Waals surface area contributed by atoms with Crippen molar-refractivity contribution in [2.75, 3.05) is 0 Å². The van der Waals surface area contributed by atoms with Gasteiger partial charge in [0, 0.05) is 24.8 Å². The highest BCUT2D eigenvalue weighted by atomic mass is 79.9. The number of halogens is 2. The van der Waals surface area contributed by atoms with Gasteiger partial charge in [0.2, 0.25) is 0 Å². The van der Waals surface area contributed by atoms with Crippen molar-refractivity contribution in [3.8, 4) is 0 Å². The van der Waals surface area contributed by atoms with E-state index in [4.69, 9.17) is 22.7 Å². The molecule has 0 aliphatic rings. The van der Waals surface area contributed by atoms with Gasteiger partial charge in [0.15, 0.2) is 0 Å². The van der Waals surface area contributed by atoms with Gasteiger partial charge in [0.1, 0.15) is 5.84 Å². The Morgan fingerprint density at radius 1 is 1.22 bits per heavy atom. The fourth-order valence-electron chi connectivity index (χ4n) is 1.46. The molecule has 2 aromatic carbocycles. The molecular formula is C13H10BrClN2S. The molecule has 0 atom stereocenters. The van der Waals surface area contributed by atoms with E-state index in [0.717, 1.165) is 14.3 Å². The summed E-state index contributed by atoms with van der Waals surface area (Å²) in [4.78, 5) is 1.96. The highest BCUT2D eigenvalue weighted by molar-refractivity contribution is 9.10. The van der Waals surface area contributed by atoms with Crippen molar-refractivity contribution in [3.05, 3.63) is 57.5 Å². The van der Waals surface area contributed by atoms with Crippen LogP contribution < -0.4 is 5.73 Å². The molecule has 5 heteroatoms. The lowest BCUT2D eigenvalue weighted by Crippen LogP contribution is -2.12. The molecule has 3 N–H and O–H groups in total. The van der Waals surface area contributed by atoms with E-state index in [0.29, 0.717) is 10.6 Å². The molecule has 0 amide bonds. The molecule has 92 valence electrons. The monoisotopic (exact) mass is 340 g/mol. The van der Waals surface area contributed by atoms with E-state index in [1.807, 2.05) is 42.5 Å². The minimum Gasteiger partial charge on any atom is -0.384 e. The van der Waals surface area contributed by atoms with Crippen molar-refractivity contribution in [2.24, 2.45) is 5.73 Å². The van der Waals surface area contributed by atoms with E-state index < -0.39 is 0 Å². The van der Waals surface area contributed by atoms with Gasteiger partial charge in [-0.25, -0.2) is 0 Å². The second-order valence-corrected chi connectivity index (χ2v) is 6.08. The summed E-state index contributed by atoms with van der Waals surface area (Å²) in [6.07, 6.45) is 0. The number of hydrogen-bond donors (Lipinski definition) is 2. The summed E-state index contributed by atoms with van der Waals surface area (Å²) in [6, 6.07) is 13.3. The zero-order valence-corrected chi connectivity index (χ0v) is 12.4. The molecule has 0 spiro atoms. The van der Waals surface area contributed by atoms with Gasteiger partial charge >= 0.3 is 0 Å². The average Bonchev–Trinajstić information content (AvgIpc) is 2.31. The maximum atomic E-state index is 7.60. The number of amidine groups is 1. The summed E-state index contributed by atoms with van der Waals surface area (Å²) in [7, 11) is 0. The van der Waals surface area contributed by atoms with Crippen LogP contribution in [0.25, 0.3) is 0 Å². The van der Waals surface area contributed by atoms with Crippen LogP contribution >= 0.6 is 39.3 Å². The van der Waals surface area contributed by atoms with Crippen molar-refractivity contribution in [3.63, 3.8) is 0 Å². The van der Waals surface area contributed by atoms with Gasteiger partial charge < -0.3 is 5.73 Å². The molecule has 0 saturated heterocycles. The molecule has 2 rings (SSSR count). The number of nitrogen functional groups attached to an aromatic ring is 1. The van der Waals surface area contributed by atoms with Crippen LogP contribution in [0.2, 0.25) is 5.02 Å². The van der Waals surface area contributed by atoms with Gasteiger partial charge in [-0.15, -0.1) is 0 Å². The third-order valence-electron chi connectivity index (χ3n) is 2.26. The topological polar surface area (TPSA) is 49.9 Å². The molecule has 2 nitrogen and oxygen atoms in total. The number of hydrogen-bond acceptors (Lipinski definition) is 2. The summed E-state index contributed by atoms with van der Waals surface area (Å²) in [5.74, 6) is 0.0563. The molecule has 0 bridgehead atoms. The van der Waals surface area contributed by atoms with E-state index >= 15 is 0 Å². The van der Waals surface area contributed by atoms with Crippen molar-refractivity contribution in [1.29, 1.82) is 5.41 Å². The molecule has 2 aromatic rings. The van der Waals surface area contributed by atoms with Gasteiger partial charge in [0.25, 0.3) is 0 Å². The predicted octanol–water partition coefficient (Wildman–Crippen LogP) is 4.54. The summed E-state index contributed by atoms with van der Waals surface area (Å²) >= 11 is 10.9. The van der Waals surface area contributed by atoms with Crippen LogP contribution in [-0.2, 0) is 0 Å². The Kier molecular flexibility index (Phi) is 4.32. The first-order valence-corrected chi connectivity index (χ1v) is 7.12. The molecule has 18 heavy (non-hydrogen) atoms. The van der Waals surface area contributed by atoms with E-state index in [1.165, 1.54) is 11.8 Å². The van der Waals surface area contributed by atoms with Crippen molar-refractivity contribution in [2.45, 2.75) is 9.79 Å². The highest BCUT2D eigenvalue weighted by Gasteiger charge is 2.08. The largest absolute Gasteiger partial charge is 0.384 e. The van der Waals surface area contributed by atoms with Gasteiger partial charge in [-0.2, -0.15) is 0 Å². The first kappa shape index (κ1) is 13.5. The lowest BCUT2D eigenvalue weighted by molar-refractivity contribution is 1.32. The number of rotatable bonds is 3. The second kappa shape index (κ2) is 5.78. The smallest absolute Gasteiger partial charge is 0.123 e. The zero-order valence-electron chi connectivity index (χ0n) is 9.28. The lowest BCUT2D eigenvalue weighted by atomic mass is 10.2. The minimum atomic E-state index is 0.0563. The van der Waals surface area contributed by atoms with Crippen LogP contribution in [0.1, 0.15) is 5.56 Å². The molecular weight excluding hydrogens is 332 g/mol. The zero-order chi connectivity index (χ0) is 13.1. The van der Waals surface area contributed by atoms with E-state index in [2.05, 4.69) is 15.9 Å². The van der Waals surface area contributed by atoms with Crippen molar-refractivity contribution in [1.82, 2.24) is 0 Å². The highest BCUT2D eigenvalue weighted by Crippen LogP contribution is 2.33. The first-order chi connectivity index (χ1) is 8.56. The van der Waals surface area contributed by atoms with Crippen LogP contribution in [0.4, 0.5) is 0 Å². The van der Waals surface area contributed by atoms with Gasteiger partial charge in [-0.05, 0) is 36.4 Å². The first-order valence-electron chi connectivity index (χ1n) is 5.13. The minimum absolute atomic E-state index is 0.0563. The van der Waals surface area contributed by atoms with Crippen molar-refractivity contribution >= 4 is 45.1 Å². The van der Waals surface area contributed by atoms with Crippen LogP contribution in [0.15, 0.2) is 56.7 Å². The Bertz CT molecular complexity index is 601. The summed E-state index contributed by atoms with van der Waals surface area (Å²) in [5.41, 5.74) is 6.31. The average molecular weight is 342 g/mol. The molecule has 0 heterocycles. The molecule has 0 unspecified atom stereocenters. The second-order valence-electron chi connectivity index (χ2n) is 3.61. The number of nitrogens with two attached hydrogens (primary N) is 1. The Morgan fingerprint density at radius 3 is 2.67 bits per heavy atom. The quantitative estimate of drug-likeness (QED) is 0.636. The Morgan fingerprint density at radius 2 is 2.00 bits per heavy atom. The van der Waals surface area contributed by atoms with Gasteiger partial charge in [-0.3, -0.25) is 5.41 Å². The van der Waals surface area contributed by atoms with Crippen LogP contribution in [0.5, 0.6) is 0 Å². The summed E-state index contributed by atoms with van der Waals surface area (Å²) < 4.78 is 0.906. The molecule has 0 saturated carbocycles. The number of nitrogens with one attached hydrogen (secondary N) is 1. The van der Waals surface area contributed by atoms with E-state index in [9.17, 15) is 0 Å². The van der Waals surface area contributed by atoms with Gasteiger partial charge in [-0.1, -0.05) is 45.4 Å². The van der Waals surface area contributed by atoms with E-state index in [-0.39, 0.29) is 5.84 Å². The summed E-state index contributed by atoms with van der Waals surface area (Å²) in [6.45, 7) is 0. The standard InChI is InChI=1S/C13H10BrClN2S/c14-8-4-5-12(11(6-8)13(16)17)18-10-3-1-2-9(15)7-10/h1-7H,(H3,16,17). The Labute approximate surface area is 123 Å². The van der Waals surface area contributed by atoms with Crippen molar-refractivity contribution < 1.29 is 0 Å². The van der Waals surface area contributed by atoms with E-state index in [1.54, 1.807) is 0 Å². The summed E-state index contributed by atoms with van der Waals surface area (Å²) in [5, 5.41) is 8.29. The maximum Gasteiger partial charge on any atom is 0.123 e. The maximum absolute atomic E-state index is 7.60. The molecule has 0 radical (unpaired) electrons. The predicted molar refractivity (Wildman–Crippen MR) is 80.7 cm³/mol. The molecule has 0 fully saturated rings. The van der Waals surface area contributed by atoms with Crippen LogP contribution in [0, 0.1) is 5.41 Å². The third-order valence-corrected chi connectivity index (χ3v) is 4.05.